The molecule has 1 aromatic carbocycles. The molecule has 0 saturated carbocycles. The van der Waals surface area contributed by atoms with E-state index >= 15 is 0 Å². The molecule has 1 aromatic heterocycles. The highest BCUT2D eigenvalue weighted by Gasteiger charge is 2.11. The van der Waals surface area contributed by atoms with E-state index in [0.29, 0.717) is 11.6 Å². The largest absolute Gasteiger partial charge is 0.494 e. The molecule has 96 valence electrons. The van der Waals surface area contributed by atoms with E-state index in [9.17, 15) is 0 Å². The molecule has 18 heavy (non-hydrogen) atoms. The predicted molar refractivity (Wildman–Crippen MR) is 76.3 cm³/mol. The molecular weight excluding hydrogens is 268 g/mol. The van der Waals surface area contributed by atoms with Crippen molar-refractivity contribution in [3.63, 3.8) is 0 Å². The number of ether oxygens (including phenoxy) is 1. The first-order valence-corrected chi connectivity index (χ1v) is 7.01. The normalized spacial score (nSPS) is 12.4. The average molecular weight is 283 g/mol. The van der Waals surface area contributed by atoms with Gasteiger partial charge in [-0.25, -0.2) is 4.98 Å². The predicted octanol–water partition coefficient (Wildman–Crippen LogP) is 3.88. The van der Waals surface area contributed by atoms with Crippen LogP contribution in [0.4, 0.5) is 0 Å². The zero-order chi connectivity index (χ0) is 13.1. The van der Waals surface area contributed by atoms with Gasteiger partial charge in [-0.1, -0.05) is 11.6 Å². The molecule has 0 bridgehead atoms. The van der Waals surface area contributed by atoms with Gasteiger partial charge in [0.2, 0.25) is 0 Å². The van der Waals surface area contributed by atoms with Crippen molar-refractivity contribution in [2.45, 2.75) is 19.9 Å². The zero-order valence-corrected chi connectivity index (χ0v) is 11.9. The van der Waals surface area contributed by atoms with Crippen molar-refractivity contribution >= 4 is 22.9 Å². The number of nitrogens with zero attached hydrogens (tertiary/aromatic N) is 1. The van der Waals surface area contributed by atoms with E-state index in [0.717, 1.165) is 22.0 Å². The fourth-order valence-corrected chi connectivity index (χ4v) is 2.63. The van der Waals surface area contributed by atoms with Crippen molar-refractivity contribution in [3.8, 4) is 17.0 Å². The summed E-state index contributed by atoms with van der Waals surface area (Å²) in [6.07, 6.45) is 0. The molecule has 0 spiro atoms. The maximum atomic E-state index is 6.24. The quantitative estimate of drug-likeness (QED) is 0.926. The molecule has 2 rings (SSSR count). The summed E-state index contributed by atoms with van der Waals surface area (Å²) < 4.78 is 5.40. The zero-order valence-electron chi connectivity index (χ0n) is 10.3. The molecule has 0 aliphatic heterocycles. The Morgan fingerprint density at radius 3 is 2.83 bits per heavy atom. The number of hydrogen-bond donors (Lipinski definition) is 1. The Kier molecular flexibility index (Phi) is 4.22. The lowest BCUT2D eigenvalue weighted by Crippen LogP contribution is -2.03. The lowest BCUT2D eigenvalue weighted by molar-refractivity contribution is 0.340. The summed E-state index contributed by atoms with van der Waals surface area (Å²) in [5.74, 6) is 0.772. The van der Waals surface area contributed by atoms with Gasteiger partial charge in [0.15, 0.2) is 0 Å². The van der Waals surface area contributed by atoms with E-state index in [-0.39, 0.29) is 6.04 Å². The van der Waals surface area contributed by atoms with Crippen LogP contribution in [0.25, 0.3) is 11.3 Å². The molecule has 0 aliphatic rings. The van der Waals surface area contributed by atoms with Gasteiger partial charge in [0.05, 0.1) is 23.4 Å². The van der Waals surface area contributed by atoms with Crippen LogP contribution in [-0.2, 0) is 0 Å². The Balaban J connectivity index is 2.32. The molecule has 2 N–H and O–H groups in total. The highest BCUT2D eigenvalue weighted by Crippen LogP contribution is 2.32. The van der Waals surface area contributed by atoms with Crippen LogP contribution in [0.15, 0.2) is 23.6 Å². The van der Waals surface area contributed by atoms with Gasteiger partial charge in [0.25, 0.3) is 0 Å². The molecule has 0 amide bonds. The molecule has 0 aliphatic carbocycles. The lowest BCUT2D eigenvalue weighted by atomic mass is 10.1. The van der Waals surface area contributed by atoms with Crippen molar-refractivity contribution in [3.05, 3.63) is 33.6 Å². The van der Waals surface area contributed by atoms with Crippen LogP contribution in [0.2, 0.25) is 5.02 Å². The summed E-state index contributed by atoms with van der Waals surface area (Å²) in [7, 11) is 0. The Hall–Kier alpha value is -1.10. The van der Waals surface area contributed by atoms with Gasteiger partial charge >= 0.3 is 0 Å². The molecule has 1 atom stereocenters. The standard InChI is InChI=1S/C13H15ClN2OS/c1-3-17-9-4-5-10(11(14)6-9)12-7-18-13(16-12)8(2)15/h4-8H,3,15H2,1-2H3. The SMILES string of the molecule is CCOc1ccc(-c2csc(C(C)N)n2)c(Cl)c1. The van der Waals surface area contributed by atoms with Crippen molar-refractivity contribution in [1.82, 2.24) is 4.98 Å². The Bertz CT molecular complexity index is 540. The molecule has 0 saturated heterocycles. The number of aromatic nitrogens is 1. The second kappa shape index (κ2) is 5.69. The molecule has 5 heteroatoms. The molecule has 3 nitrogen and oxygen atoms in total. The minimum absolute atomic E-state index is 0.0507. The van der Waals surface area contributed by atoms with Crippen LogP contribution in [0.5, 0.6) is 5.75 Å². The van der Waals surface area contributed by atoms with E-state index in [1.54, 1.807) is 11.3 Å². The van der Waals surface area contributed by atoms with Crippen molar-refractivity contribution in [2.24, 2.45) is 5.73 Å². The minimum atomic E-state index is -0.0507. The number of nitrogens with two attached hydrogens (primary N) is 1. The minimum Gasteiger partial charge on any atom is -0.494 e. The summed E-state index contributed by atoms with van der Waals surface area (Å²) in [4.78, 5) is 4.48. The summed E-state index contributed by atoms with van der Waals surface area (Å²) in [6.45, 7) is 4.49. The smallest absolute Gasteiger partial charge is 0.120 e. The van der Waals surface area contributed by atoms with Gasteiger partial charge in [0.1, 0.15) is 10.8 Å². The van der Waals surface area contributed by atoms with Gasteiger partial charge in [-0.05, 0) is 32.0 Å². The number of benzene rings is 1. The highest BCUT2D eigenvalue weighted by atomic mass is 35.5. The topological polar surface area (TPSA) is 48.1 Å². The number of halogens is 1. The molecule has 1 unspecified atom stereocenters. The first-order chi connectivity index (χ1) is 8.61. The van der Waals surface area contributed by atoms with Crippen molar-refractivity contribution in [2.75, 3.05) is 6.61 Å². The van der Waals surface area contributed by atoms with Crippen LogP contribution in [-0.4, -0.2) is 11.6 Å². The summed E-state index contributed by atoms with van der Waals surface area (Å²) in [6, 6.07) is 5.58. The van der Waals surface area contributed by atoms with Crippen molar-refractivity contribution in [1.29, 1.82) is 0 Å². The summed E-state index contributed by atoms with van der Waals surface area (Å²) in [5.41, 5.74) is 7.57. The van der Waals surface area contributed by atoms with E-state index < -0.39 is 0 Å². The van der Waals surface area contributed by atoms with Gasteiger partial charge in [-0.3, -0.25) is 0 Å². The fourth-order valence-electron chi connectivity index (χ4n) is 1.58. The number of hydrogen-bond acceptors (Lipinski definition) is 4. The first-order valence-electron chi connectivity index (χ1n) is 5.75. The highest BCUT2D eigenvalue weighted by molar-refractivity contribution is 7.10. The first kappa shape index (κ1) is 13.3. The lowest BCUT2D eigenvalue weighted by Gasteiger charge is -2.06. The second-order valence-corrected chi connectivity index (χ2v) is 5.23. The second-order valence-electron chi connectivity index (χ2n) is 3.93. The molecule has 2 aromatic rings. The maximum Gasteiger partial charge on any atom is 0.120 e. The molecular formula is C13H15ClN2OS. The molecule has 0 fully saturated rings. The molecule has 0 radical (unpaired) electrons. The number of rotatable bonds is 4. The van der Waals surface area contributed by atoms with Gasteiger partial charge < -0.3 is 10.5 Å². The van der Waals surface area contributed by atoms with Gasteiger partial charge in [-0.2, -0.15) is 0 Å². The monoisotopic (exact) mass is 282 g/mol. The van der Waals surface area contributed by atoms with E-state index in [2.05, 4.69) is 4.98 Å². The molecule has 1 heterocycles. The van der Waals surface area contributed by atoms with Crippen LogP contribution in [0, 0.1) is 0 Å². The summed E-state index contributed by atoms with van der Waals surface area (Å²) >= 11 is 7.79. The Labute approximate surface area is 116 Å². The van der Waals surface area contributed by atoms with Crippen LogP contribution in [0.3, 0.4) is 0 Å². The van der Waals surface area contributed by atoms with Gasteiger partial charge in [0, 0.05) is 10.9 Å². The fraction of sp³-hybridized carbons (Fsp3) is 0.308. The third kappa shape index (κ3) is 2.83. The third-order valence-corrected chi connectivity index (χ3v) is 3.80. The third-order valence-electron chi connectivity index (χ3n) is 2.44. The summed E-state index contributed by atoms with van der Waals surface area (Å²) in [5, 5.41) is 3.53. The van der Waals surface area contributed by atoms with E-state index in [4.69, 9.17) is 22.1 Å². The van der Waals surface area contributed by atoms with Crippen LogP contribution in [0.1, 0.15) is 24.9 Å². The number of thiazole rings is 1. The van der Waals surface area contributed by atoms with E-state index in [1.165, 1.54) is 0 Å². The average Bonchev–Trinajstić information content (AvgIpc) is 2.79. The van der Waals surface area contributed by atoms with Crippen LogP contribution >= 0.6 is 22.9 Å². The Morgan fingerprint density at radius 1 is 1.50 bits per heavy atom. The van der Waals surface area contributed by atoms with E-state index in [1.807, 2.05) is 37.4 Å². The van der Waals surface area contributed by atoms with Gasteiger partial charge in [-0.15, -0.1) is 11.3 Å². The van der Waals surface area contributed by atoms with Crippen LogP contribution < -0.4 is 10.5 Å². The maximum absolute atomic E-state index is 6.24. The Morgan fingerprint density at radius 2 is 2.28 bits per heavy atom. The van der Waals surface area contributed by atoms with Crippen molar-refractivity contribution < 1.29 is 4.74 Å².